The molecule has 0 radical (unpaired) electrons. The maximum atomic E-state index is 15.1. The van der Waals surface area contributed by atoms with E-state index < -0.39 is 46.9 Å². The highest BCUT2D eigenvalue weighted by molar-refractivity contribution is 6.04. The molecule has 2 aromatic carbocycles. The molecule has 12 heteroatoms. The Morgan fingerprint density at radius 3 is 1.67 bits per heavy atom. The molecule has 0 fully saturated rings. The molecule has 0 atom stereocenters. The Morgan fingerprint density at radius 1 is 0.739 bits per heavy atom. The fraction of sp³-hybridized carbons (Fsp3) is 0.441. The lowest BCUT2D eigenvalue weighted by molar-refractivity contribution is -0.137. The summed E-state index contributed by atoms with van der Waals surface area (Å²) in [5.41, 5.74) is -1.12. The van der Waals surface area contributed by atoms with Gasteiger partial charge in [-0.3, -0.25) is 4.79 Å². The van der Waals surface area contributed by atoms with Gasteiger partial charge in [0.2, 0.25) is 0 Å². The largest absolute Gasteiger partial charge is 0.444 e. The van der Waals surface area contributed by atoms with E-state index in [9.17, 15) is 27.6 Å². The number of carbonyl (C=O) groups is 3. The number of carbonyl (C=O) groups excluding carboxylic acids is 3. The molecule has 0 aliphatic carbocycles. The van der Waals surface area contributed by atoms with Crippen LogP contribution < -0.4 is 5.32 Å². The quantitative estimate of drug-likeness (QED) is 0.339. The number of nitrogens with one attached hydrogen (secondary N) is 1. The lowest BCUT2D eigenvalue weighted by Gasteiger charge is -2.30. The van der Waals surface area contributed by atoms with Crippen molar-refractivity contribution in [1.82, 2.24) is 9.80 Å². The zero-order chi connectivity index (χ0) is 34.0. The third-order valence-electron chi connectivity index (χ3n) is 7.23. The minimum absolute atomic E-state index is 0.0456. The average Bonchev–Trinajstić information content (AvgIpc) is 2.95. The minimum Gasteiger partial charge on any atom is -0.444 e. The van der Waals surface area contributed by atoms with Crippen LogP contribution in [0.3, 0.4) is 0 Å². The van der Waals surface area contributed by atoms with Gasteiger partial charge in [-0.05, 0) is 95.4 Å². The molecular weight excluding hydrogens is 606 g/mol. The Labute approximate surface area is 266 Å². The van der Waals surface area contributed by atoms with Crippen molar-refractivity contribution in [3.63, 3.8) is 0 Å². The molecule has 46 heavy (non-hydrogen) atoms. The van der Waals surface area contributed by atoms with Gasteiger partial charge >= 0.3 is 18.4 Å². The van der Waals surface area contributed by atoms with Crippen LogP contribution in [0.25, 0.3) is 11.1 Å². The molecule has 2 aromatic rings. The Hall–Kier alpha value is -4.35. The van der Waals surface area contributed by atoms with E-state index in [1.807, 2.05) is 0 Å². The monoisotopic (exact) mass is 645 g/mol. The van der Waals surface area contributed by atoms with Crippen LogP contribution in [0.4, 0.5) is 32.8 Å². The summed E-state index contributed by atoms with van der Waals surface area (Å²) in [5.74, 6) is -1.44. The second-order valence-corrected chi connectivity index (χ2v) is 13.2. The second-order valence-electron chi connectivity index (χ2n) is 13.2. The van der Waals surface area contributed by atoms with Crippen molar-refractivity contribution in [2.75, 3.05) is 31.5 Å². The van der Waals surface area contributed by atoms with E-state index in [1.165, 1.54) is 34.1 Å². The first-order valence-electron chi connectivity index (χ1n) is 15.0. The van der Waals surface area contributed by atoms with Gasteiger partial charge < -0.3 is 24.6 Å². The number of amides is 3. The number of rotatable bonds is 4. The summed E-state index contributed by atoms with van der Waals surface area (Å²) in [5, 5.41) is 2.44. The van der Waals surface area contributed by atoms with Crippen LogP contribution in [0.5, 0.6) is 0 Å². The van der Waals surface area contributed by atoms with E-state index >= 15 is 4.39 Å². The van der Waals surface area contributed by atoms with Gasteiger partial charge in [-0.1, -0.05) is 24.3 Å². The van der Waals surface area contributed by atoms with Gasteiger partial charge in [0.15, 0.2) is 0 Å². The van der Waals surface area contributed by atoms with Crippen molar-refractivity contribution >= 4 is 34.9 Å². The van der Waals surface area contributed by atoms with Crippen molar-refractivity contribution in [2.45, 2.75) is 71.8 Å². The number of anilines is 1. The molecule has 248 valence electrons. The van der Waals surface area contributed by atoms with E-state index in [0.29, 0.717) is 24.1 Å². The summed E-state index contributed by atoms with van der Waals surface area (Å²) < 4.78 is 68.3. The number of nitrogens with zero attached hydrogens (tertiary/aromatic N) is 2. The zero-order valence-electron chi connectivity index (χ0n) is 26.8. The summed E-state index contributed by atoms with van der Waals surface area (Å²) in [7, 11) is 0. The Balaban J connectivity index is 1.46. The van der Waals surface area contributed by atoms with E-state index in [4.69, 9.17) is 9.47 Å². The Bertz CT molecular complexity index is 1570. The third-order valence-corrected chi connectivity index (χ3v) is 7.23. The molecule has 2 heterocycles. The molecule has 0 saturated carbocycles. The van der Waals surface area contributed by atoms with Crippen molar-refractivity contribution in [1.29, 1.82) is 0 Å². The molecular formula is C34H39F4N3O5. The lowest BCUT2D eigenvalue weighted by Crippen LogP contribution is -2.39. The predicted octanol–water partition coefficient (Wildman–Crippen LogP) is 8.15. The fourth-order valence-electron chi connectivity index (χ4n) is 5.07. The maximum Gasteiger partial charge on any atom is 0.417 e. The standard InChI is InChI=1S/C34H39F4N3O5/c1-32(2,3)45-30(43)40-15-11-21(12-16-40)25-10-8-24(20-27(25)34(36,37)38)39-29(42)23-7-9-26(28(35)19-23)22-13-17-41(18-14-22)31(44)46-33(4,5)6/h7-11,13,19-20H,12,14-18H2,1-6H3,(H,39,42). The second kappa shape index (κ2) is 13.2. The molecule has 3 amide bonds. The van der Waals surface area contributed by atoms with Crippen molar-refractivity contribution in [3.05, 3.63) is 76.6 Å². The number of ether oxygens (including phenoxy) is 2. The van der Waals surface area contributed by atoms with Crippen molar-refractivity contribution in [2.24, 2.45) is 0 Å². The highest BCUT2D eigenvalue weighted by atomic mass is 19.4. The summed E-state index contributed by atoms with van der Waals surface area (Å²) in [6, 6.07) is 7.37. The number of hydrogen-bond acceptors (Lipinski definition) is 5. The molecule has 0 unspecified atom stereocenters. The number of benzene rings is 2. The molecule has 2 aliphatic heterocycles. The smallest absolute Gasteiger partial charge is 0.417 e. The molecule has 8 nitrogen and oxygen atoms in total. The maximum absolute atomic E-state index is 15.1. The van der Waals surface area contributed by atoms with Crippen LogP contribution in [0.2, 0.25) is 0 Å². The Kier molecular flexibility index (Phi) is 9.89. The van der Waals surface area contributed by atoms with E-state index in [0.717, 1.165) is 12.1 Å². The van der Waals surface area contributed by atoms with Crippen LogP contribution in [0, 0.1) is 5.82 Å². The van der Waals surface area contributed by atoms with Gasteiger partial charge in [-0.2, -0.15) is 13.2 Å². The average molecular weight is 646 g/mol. The van der Waals surface area contributed by atoms with Crippen LogP contribution in [-0.2, 0) is 15.7 Å². The van der Waals surface area contributed by atoms with Gasteiger partial charge in [0, 0.05) is 43.0 Å². The number of hydrogen-bond donors (Lipinski definition) is 1. The molecule has 0 aromatic heterocycles. The highest BCUT2D eigenvalue weighted by Crippen LogP contribution is 2.38. The van der Waals surface area contributed by atoms with Gasteiger partial charge in [0.25, 0.3) is 5.91 Å². The van der Waals surface area contributed by atoms with E-state index in [2.05, 4.69) is 5.32 Å². The molecule has 4 rings (SSSR count). The number of alkyl halides is 3. The first-order chi connectivity index (χ1) is 21.3. The van der Waals surface area contributed by atoms with Gasteiger partial charge in [-0.15, -0.1) is 0 Å². The molecule has 1 N–H and O–H groups in total. The van der Waals surface area contributed by atoms with Crippen LogP contribution >= 0.6 is 0 Å². The number of halogens is 4. The minimum atomic E-state index is -4.72. The topological polar surface area (TPSA) is 88.2 Å². The van der Waals surface area contributed by atoms with Crippen LogP contribution in [-0.4, -0.2) is 65.3 Å². The lowest BCUT2D eigenvalue weighted by atomic mass is 9.94. The van der Waals surface area contributed by atoms with Crippen molar-refractivity contribution < 1.29 is 41.4 Å². The van der Waals surface area contributed by atoms with Gasteiger partial charge in [0.1, 0.15) is 17.0 Å². The van der Waals surface area contributed by atoms with Gasteiger partial charge in [0.05, 0.1) is 5.56 Å². The Morgan fingerprint density at radius 2 is 1.24 bits per heavy atom. The van der Waals surface area contributed by atoms with Crippen LogP contribution in [0.1, 0.15) is 81.4 Å². The molecule has 2 aliphatic rings. The zero-order valence-corrected chi connectivity index (χ0v) is 26.8. The summed E-state index contributed by atoms with van der Waals surface area (Å²) in [6.07, 6.45) is -1.86. The van der Waals surface area contributed by atoms with Crippen molar-refractivity contribution in [3.8, 4) is 0 Å². The predicted molar refractivity (Wildman–Crippen MR) is 167 cm³/mol. The fourth-order valence-corrected chi connectivity index (χ4v) is 5.07. The van der Waals surface area contributed by atoms with E-state index in [1.54, 1.807) is 53.7 Å². The first kappa shape index (κ1) is 34.5. The van der Waals surface area contributed by atoms with Gasteiger partial charge in [-0.25, -0.2) is 14.0 Å². The first-order valence-corrected chi connectivity index (χ1v) is 15.0. The highest BCUT2D eigenvalue weighted by Gasteiger charge is 2.35. The molecule has 0 saturated heterocycles. The SMILES string of the molecule is CC(C)(C)OC(=O)N1CC=C(c2ccc(C(=O)Nc3ccc(C4=CCN(C(=O)OC(C)(C)C)CC4)c(C(F)(F)F)c3)cc2F)CC1. The summed E-state index contributed by atoms with van der Waals surface area (Å²) >= 11 is 0. The van der Waals surface area contributed by atoms with Crippen LogP contribution in [0.15, 0.2) is 48.6 Å². The normalized spacial score (nSPS) is 16.0. The summed E-state index contributed by atoms with van der Waals surface area (Å²) in [6.45, 7) is 11.4. The molecule has 0 spiro atoms. The molecule has 0 bridgehead atoms. The third kappa shape index (κ3) is 8.88. The summed E-state index contributed by atoms with van der Waals surface area (Å²) in [4.78, 5) is 40.5. The van der Waals surface area contributed by atoms with E-state index in [-0.39, 0.29) is 48.4 Å².